The third kappa shape index (κ3) is 2.08. The van der Waals surface area contributed by atoms with E-state index in [1.165, 1.54) is 0 Å². The van der Waals surface area contributed by atoms with Crippen LogP contribution in [-0.2, 0) is 0 Å². The van der Waals surface area contributed by atoms with Gasteiger partial charge in [0.15, 0.2) is 0 Å². The van der Waals surface area contributed by atoms with Crippen LogP contribution in [0.2, 0.25) is 0 Å². The minimum atomic E-state index is -0.540. The molecule has 0 radical (unpaired) electrons. The zero-order chi connectivity index (χ0) is 8.36. The summed E-state index contributed by atoms with van der Waals surface area (Å²) in [5.41, 5.74) is 0. The van der Waals surface area contributed by atoms with Crippen molar-refractivity contribution in [3.63, 3.8) is 0 Å². The fourth-order valence-electron chi connectivity index (χ4n) is 0.651. The molecule has 10 heavy (non-hydrogen) atoms. The van der Waals surface area contributed by atoms with Crippen LogP contribution in [-0.4, -0.2) is 4.32 Å². The molecule has 0 aromatic carbocycles. The molecule has 0 aromatic heterocycles. The molecule has 0 nitrogen and oxygen atoms in total. The first-order valence-electron chi connectivity index (χ1n) is 3.46. The van der Waals surface area contributed by atoms with Crippen LogP contribution < -0.4 is 0 Å². The molecule has 0 rings (SSSR count). The second-order valence-corrected chi connectivity index (χ2v) is 4.44. The SMILES string of the molecule is C=C(F)C(C)(Br)[C@H](C)CC. The summed E-state index contributed by atoms with van der Waals surface area (Å²) >= 11 is 3.30. The fourth-order valence-corrected chi connectivity index (χ4v) is 0.974. The van der Waals surface area contributed by atoms with E-state index in [9.17, 15) is 4.39 Å². The molecule has 0 aliphatic heterocycles. The molecule has 0 fully saturated rings. The van der Waals surface area contributed by atoms with Gasteiger partial charge < -0.3 is 0 Å². The number of hydrogen-bond acceptors (Lipinski definition) is 0. The lowest BCUT2D eigenvalue weighted by atomic mass is 9.93. The fraction of sp³-hybridized carbons (Fsp3) is 0.750. The van der Waals surface area contributed by atoms with E-state index in [0.717, 1.165) is 6.42 Å². The van der Waals surface area contributed by atoms with E-state index in [2.05, 4.69) is 22.5 Å². The summed E-state index contributed by atoms with van der Waals surface area (Å²) in [5.74, 6) is -0.00755. The summed E-state index contributed by atoms with van der Waals surface area (Å²) in [6.45, 7) is 9.13. The number of rotatable bonds is 3. The first-order chi connectivity index (χ1) is 4.42. The molecule has 0 spiro atoms. The van der Waals surface area contributed by atoms with Gasteiger partial charge in [-0.05, 0) is 12.8 Å². The predicted octanol–water partition coefficient (Wildman–Crippen LogP) is 3.67. The molecule has 0 aliphatic rings. The minimum Gasteiger partial charge on any atom is -0.211 e. The molecule has 0 aromatic rings. The van der Waals surface area contributed by atoms with Gasteiger partial charge in [-0.2, -0.15) is 0 Å². The van der Waals surface area contributed by atoms with Crippen LogP contribution in [0, 0.1) is 5.92 Å². The first kappa shape index (κ1) is 10.2. The van der Waals surface area contributed by atoms with Crippen LogP contribution in [0.5, 0.6) is 0 Å². The average Bonchev–Trinajstić information content (AvgIpc) is 1.86. The van der Waals surface area contributed by atoms with Crippen LogP contribution in [0.3, 0.4) is 0 Å². The zero-order valence-electron chi connectivity index (χ0n) is 6.75. The monoisotopic (exact) mass is 208 g/mol. The molecule has 2 atom stereocenters. The van der Waals surface area contributed by atoms with E-state index in [0.29, 0.717) is 0 Å². The van der Waals surface area contributed by atoms with Crippen LogP contribution >= 0.6 is 15.9 Å². The Morgan fingerprint density at radius 2 is 2.20 bits per heavy atom. The standard InChI is InChI=1S/C8H14BrF/c1-5-6(2)8(4,9)7(3)10/h6H,3,5H2,1-2,4H3/t6-,8?/m1/s1. The summed E-state index contributed by atoms with van der Waals surface area (Å²) < 4.78 is 12.1. The van der Waals surface area contributed by atoms with Gasteiger partial charge in [-0.1, -0.05) is 42.8 Å². The Bertz CT molecular complexity index is 129. The zero-order valence-corrected chi connectivity index (χ0v) is 8.33. The Balaban J connectivity index is 4.23. The molecule has 0 aliphatic carbocycles. The van der Waals surface area contributed by atoms with Crippen LogP contribution in [0.15, 0.2) is 12.4 Å². The van der Waals surface area contributed by atoms with Crippen molar-refractivity contribution in [1.29, 1.82) is 0 Å². The predicted molar refractivity (Wildman–Crippen MR) is 47.0 cm³/mol. The lowest BCUT2D eigenvalue weighted by molar-refractivity contribution is 0.407. The first-order valence-corrected chi connectivity index (χ1v) is 4.26. The van der Waals surface area contributed by atoms with Crippen molar-refractivity contribution in [3.8, 4) is 0 Å². The van der Waals surface area contributed by atoms with Gasteiger partial charge in [-0.3, -0.25) is 0 Å². The maximum absolute atomic E-state index is 12.7. The number of allylic oxidation sites excluding steroid dienone is 1. The molecular weight excluding hydrogens is 195 g/mol. The van der Waals surface area contributed by atoms with E-state index in [-0.39, 0.29) is 11.7 Å². The van der Waals surface area contributed by atoms with Gasteiger partial charge in [0, 0.05) is 0 Å². The average molecular weight is 209 g/mol. The third-order valence-corrected chi connectivity index (χ3v) is 3.28. The van der Waals surface area contributed by atoms with Crippen molar-refractivity contribution in [2.24, 2.45) is 5.92 Å². The van der Waals surface area contributed by atoms with E-state index in [1.807, 2.05) is 20.8 Å². The largest absolute Gasteiger partial charge is 0.211 e. The maximum Gasteiger partial charge on any atom is 0.109 e. The van der Waals surface area contributed by atoms with Crippen molar-refractivity contribution in [2.45, 2.75) is 31.5 Å². The summed E-state index contributed by atoms with van der Waals surface area (Å²) in [5, 5.41) is 0. The molecule has 2 heteroatoms. The maximum atomic E-state index is 12.7. The Morgan fingerprint density at radius 3 is 2.30 bits per heavy atom. The minimum absolute atomic E-state index is 0.282. The number of halogens is 2. The summed E-state index contributed by atoms with van der Waals surface area (Å²) in [6, 6.07) is 0. The van der Waals surface area contributed by atoms with Gasteiger partial charge >= 0.3 is 0 Å². The lowest BCUT2D eigenvalue weighted by Gasteiger charge is -2.26. The molecule has 1 unspecified atom stereocenters. The van der Waals surface area contributed by atoms with Gasteiger partial charge in [0.1, 0.15) is 5.83 Å². The Labute approximate surface area is 70.6 Å². The molecule has 0 N–H and O–H groups in total. The number of hydrogen-bond donors (Lipinski definition) is 0. The van der Waals surface area contributed by atoms with Gasteiger partial charge in [-0.15, -0.1) is 0 Å². The van der Waals surface area contributed by atoms with Crippen LogP contribution in [0.4, 0.5) is 4.39 Å². The summed E-state index contributed by atoms with van der Waals surface area (Å²) in [6.07, 6.45) is 0.949. The molecule has 0 bridgehead atoms. The highest BCUT2D eigenvalue weighted by atomic mass is 79.9. The Hall–Kier alpha value is 0.150. The lowest BCUT2D eigenvalue weighted by Crippen LogP contribution is -2.25. The topological polar surface area (TPSA) is 0 Å². The van der Waals surface area contributed by atoms with E-state index in [4.69, 9.17) is 0 Å². The molecule has 0 saturated heterocycles. The highest BCUT2D eigenvalue weighted by molar-refractivity contribution is 9.10. The van der Waals surface area contributed by atoms with Crippen LogP contribution in [0.1, 0.15) is 27.2 Å². The smallest absolute Gasteiger partial charge is 0.109 e. The van der Waals surface area contributed by atoms with Gasteiger partial charge in [0.25, 0.3) is 0 Å². The second kappa shape index (κ2) is 3.51. The highest BCUT2D eigenvalue weighted by Crippen LogP contribution is 2.36. The molecule has 0 amide bonds. The van der Waals surface area contributed by atoms with Gasteiger partial charge in [0.05, 0.1) is 4.32 Å². The van der Waals surface area contributed by atoms with Gasteiger partial charge in [-0.25, -0.2) is 4.39 Å². The van der Waals surface area contributed by atoms with E-state index < -0.39 is 4.32 Å². The number of alkyl halides is 1. The highest BCUT2D eigenvalue weighted by Gasteiger charge is 2.30. The second-order valence-electron chi connectivity index (χ2n) is 2.79. The van der Waals surface area contributed by atoms with Crippen molar-refractivity contribution < 1.29 is 4.39 Å². The van der Waals surface area contributed by atoms with Crippen molar-refractivity contribution >= 4 is 15.9 Å². The molecular formula is C8H14BrF. The molecule has 0 heterocycles. The molecule has 0 saturated carbocycles. The van der Waals surface area contributed by atoms with Crippen molar-refractivity contribution in [2.75, 3.05) is 0 Å². The van der Waals surface area contributed by atoms with Crippen LogP contribution in [0.25, 0.3) is 0 Å². The summed E-state index contributed by atoms with van der Waals surface area (Å²) in [4.78, 5) is 0. The van der Waals surface area contributed by atoms with Crippen molar-refractivity contribution in [3.05, 3.63) is 12.4 Å². The Kier molecular flexibility index (Phi) is 3.57. The molecule has 60 valence electrons. The van der Waals surface area contributed by atoms with Crippen molar-refractivity contribution in [1.82, 2.24) is 0 Å². The summed E-state index contributed by atoms with van der Waals surface area (Å²) in [7, 11) is 0. The van der Waals surface area contributed by atoms with E-state index in [1.54, 1.807) is 0 Å². The van der Waals surface area contributed by atoms with E-state index >= 15 is 0 Å². The van der Waals surface area contributed by atoms with Gasteiger partial charge in [0.2, 0.25) is 0 Å². The normalized spacial score (nSPS) is 19.7. The quantitative estimate of drug-likeness (QED) is 0.622. The Morgan fingerprint density at radius 1 is 1.80 bits per heavy atom. The third-order valence-electron chi connectivity index (χ3n) is 2.07.